The second-order valence-corrected chi connectivity index (χ2v) is 7.14. The Morgan fingerprint density at radius 3 is 2.70 bits per heavy atom. The minimum Gasteiger partial charge on any atom is -0.282 e. The molecule has 23 heavy (non-hydrogen) atoms. The zero-order chi connectivity index (χ0) is 16.6. The molecule has 7 heteroatoms. The van der Waals surface area contributed by atoms with Crippen molar-refractivity contribution in [3.63, 3.8) is 0 Å². The Bertz CT molecular complexity index is 765. The fourth-order valence-electron chi connectivity index (χ4n) is 2.19. The van der Waals surface area contributed by atoms with Crippen LogP contribution in [-0.4, -0.2) is 27.0 Å². The van der Waals surface area contributed by atoms with E-state index in [4.69, 9.17) is 17.0 Å². The van der Waals surface area contributed by atoms with Gasteiger partial charge in [0.1, 0.15) is 5.04 Å². The molecule has 2 heterocycles. The van der Waals surface area contributed by atoms with Crippen molar-refractivity contribution in [3.05, 3.63) is 40.4 Å². The third-order valence-electron chi connectivity index (χ3n) is 3.26. The van der Waals surface area contributed by atoms with E-state index in [9.17, 15) is 4.79 Å². The molecule has 0 aliphatic carbocycles. The quantitative estimate of drug-likeness (QED) is 0.841. The highest BCUT2D eigenvalue weighted by atomic mass is 35.5. The predicted octanol–water partition coefficient (Wildman–Crippen LogP) is 4.01. The van der Waals surface area contributed by atoms with Crippen molar-refractivity contribution in [1.82, 2.24) is 5.01 Å². The average Bonchev–Trinajstić information content (AvgIpc) is 2.87. The third kappa shape index (κ3) is 3.38. The van der Waals surface area contributed by atoms with Gasteiger partial charge in [-0.25, -0.2) is 0 Å². The maximum atomic E-state index is 12.2. The van der Waals surface area contributed by atoms with Gasteiger partial charge in [-0.05, 0) is 41.5 Å². The first kappa shape index (κ1) is 16.0. The lowest BCUT2D eigenvalue weighted by Gasteiger charge is -2.20. The average molecular weight is 347 g/mol. The van der Waals surface area contributed by atoms with Crippen LogP contribution < -0.4 is 0 Å². The number of thioether (sulfide) groups is 1. The Morgan fingerprint density at radius 2 is 2.04 bits per heavy atom. The van der Waals surface area contributed by atoms with Gasteiger partial charge in [-0.15, -0.1) is 0 Å². The molecule has 1 aromatic carbocycles. The number of carbonyl (C=O) groups excluding carboxylic acids is 1. The van der Waals surface area contributed by atoms with E-state index < -0.39 is 5.91 Å². The maximum absolute atomic E-state index is 12.2. The molecule has 2 aliphatic heterocycles. The van der Waals surface area contributed by atoms with Crippen LogP contribution in [0.15, 0.2) is 39.9 Å². The summed E-state index contributed by atoms with van der Waals surface area (Å²) in [7, 11) is 0. The number of aliphatic imine (C=N–C) groups is 1. The van der Waals surface area contributed by atoms with Crippen molar-refractivity contribution in [2.75, 3.05) is 0 Å². The van der Waals surface area contributed by atoms with E-state index in [-0.39, 0.29) is 11.4 Å². The predicted molar refractivity (Wildman–Crippen MR) is 95.9 cm³/mol. The molecular formula is C16H15ClN4OS. The van der Waals surface area contributed by atoms with Crippen LogP contribution in [0.4, 0.5) is 0 Å². The summed E-state index contributed by atoms with van der Waals surface area (Å²) in [5.41, 5.74) is 1.02. The summed E-state index contributed by atoms with van der Waals surface area (Å²) in [5, 5.41) is 16.1. The van der Waals surface area contributed by atoms with Crippen LogP contribution in [0.3, 0.4) is 0 Å². The molecule has 3 rings (SSSR count). The second kappa shape index (κ2) is 6.29. The number of benzene rings is 1. The number of hydrogen-bond donors (Lipinski definition) is 1. The van der Waals surface area contributed by atoms with Gasteiger partial charge in [0.2, 0.25) is 5.17 Å². The molecule has 0 radical (unpaired) electrons. The summed E-state index contributed by atoms with van der Waals surface area (Å²) in [6.07, 6.45) is 2.44. The standard InChI is InChI=1S/C16H15ClN4OS/c1-9(2)7-13-20-21-14(18)12(15(22)19-16(21)23-13)8-10-3-5-11(17)6-4-10/h3-6,8-9,18H,7H2,1-2H3/b12-8-,18-14?. The number of carbonyl (C=O) groups is 1. The van der Waals surface area contributed by atoms with Gasteiger partial charge in [-0.1, -0.05) is 37.6 Å². The summed E-state index contributed by atoms with van der Waals surface area (Å²) in [4.78, 5) is 16.3. The molecule has 0 aromatic heterocycles. The molecule has 0 unspecified atom stereocenters. The van der Waals surface area contributed by atoms with Crippen LogP contribution in [0, 0.1) is 11.3 Å². The molecule has 0 saturated heterocycles. The maximum Gasteiger partial charge on any atom is 0.283 e. The van der Waals surface area contributed by atoms with Gasteiger partial charge >= 0.3 is 0 Å². The Kier molecular flexibility index (Phi) is 4.37. The number of nitrogens with zero attached hydrogens (tertiary/aromatic N) is 3. The molecule has 1 aromatic rings. The monoisotopic (exact) mass is 346 g/mol. The molecule has 0 fully saturated rings. The van der Waals surface area contributed by atoms with E-state index in [2.05, 4.69) is 23.9 Å². The SMILES string of the molecule is CC(C)CC1=NN2C(=N)/C(=C/c3ccc(Cl)cc3)C(=O)N=C2S1. The lowest BCUT2D eigenvalue weighted by atomic mass is 10.1. The van der Waals surface area contributed by atoms with Gasteiger partial charge in [0.05, 0.1) is 5.57 Å². The first-order valence-electron chi connectivity index (χ1n) is 7.18. The van der Waals surface area contributed by atoms with Crippen LogP contribution in [-0.2, 0) is 4.79 Å². The molecule has 0 saturated carbocycles. The zero-order valence-electron chi connectivity index (χ0n) is 12.7. The van der Waals surface area contributed by atoms with Crippen molar-refractivity contribution in [2.45, 2.75) is 20.3 Å². The number of rotatable bonds is 3. The van der Waals surface area contributed by atoms with Crippen LogP contribution >= 0.6 is 23.4 Å². The Morgan fingerprint density at radius 1 is 1.35 bits per heavy atom. The van der Waals surface area contributed by atoms with Crippen LogP contribution in [0.2, 0.25) is 5.02 Å². The zero-order valence-corrected chi connectivity index (χ0v) is 14.3. The minimum absolute atomic E-state index is 0.0567. The number of amides is 1. The highest BCUT2D eigenvalue weighted by Gasteiger charge is 2.35. The van der Waals surface area contributed by atoms with Crippen molar-refractivity contribution >= 4 is 51.4 Å². The topological polar surface area (TPSA) is 68.9 Å². The Labute approximate surface area is 143 Å². The number of fused-ring (bicyclic) bond motifs is 1. The van der Waals surface area contributed by atoms with Gasteiger partial charge in [-0.3, -0.25) is 10.2 Å². The number of nitrogens with one attached hydrogen (secondary N) is 1. The van der Waals surface area contributed by atoms with Crippen molar-refractivity contribution in [3.8, 4) is 0 Å². The van der Waals surface area contributed by atoms with Crippen molar-refractivity contribution in [2.24, 2.45) is 16.0 Å². The molecular weight excluding hydrogens is 332 g/mol. The summed E-state index contributed by atoms with van der Waals surface area (Å²) in [5.74, 6) is 0.100. The van der Waals surface area contributed by atoms with Crippen LogP contribution in [0.1, 0.15) is 25.8 Å². The van der Waals surface area contributed by atoms with E-state index in [1.54, 1.807) is 30.3 Å². The minimum atomic E-state index is -0.412. The summed E-state index contributed by atoms with van der Waals surface area (Å²) < 4.78 is 0. The van der Waals surface area contributed by atoms with Gasteiger partial charge in [0.25, 0.3) is 5.91 Å². The van der Waals surface area contributed by atoms with E-state index in [1.165, 1.54) is 16.8 Å². The number of amidine groups is 2. The summed E-state index contributed by atoms with van der Waals surface area (Å²) in [6, 6.07) is 7.07. The van der Waals surface area contributed by atoms with Crippen molar-refractivity contribution in [1.29, 1.82) is 5.41 Å². The van der Waals surface area contributed by atoms with E-state index >= 15 is 0 Å². The normalized spacial score (nSPS) is 19.3. The highest BCUT2D eigenvalue weighted by Crippen LogP contribution is 2.30. The van der Waals surface area contributed by atoms with Gasteiger partial charge in [0.15, 0.2) is 5.84 Å². The van der Waals surface area contributed by atoms with Crippen LogP contribution in [0.5, 0.6) is 0 Å². The molecule has 118 valence electrons. The Hall–Kier alpha value is -1.92. The summed E-state index contributed by atoms with van der Waals surface area (Å²) >= 11 is 7.22. The van der Waals surface area contributed by atoms with Gasteiger partial charge < -0.3 is 0 Å². The first-order chi connectivity index (χ1) is 10.9. The highest BCUT2D eigenvalue weighted by molar-refractivity contribution is 8.26. The Balaban J connectivity index is 1.91. The molecule has 1 amide bonds. The summed E-state index contributed by atoms with van der Waals surface area (Å²) in [6.45, 7) is 4.20. The lowest BCUT2D eigenvalue weighted by Crippen LogP contribution is -2.35. The lowest BCUT2D eigenvalue weighted by molar-refractivity contribution is -0.114. The number of hydrazone groups is 1. The fraction of sp³-hybridized carbons (Fsp3) is 0.250. The largest absolute Gasteiger partial charge is 0.283 e. The number of hydrogen-bond acceptors (Lipinski definition) is 4. The van der Waals surface area contributed by atoms with E-state index in [0.29, 0.717) is 16.1 Å². The molecule has 2 aliphatic rings. The number of halogens is 1. The fourth-order valence-corrected chi connectivity index (χ4v) is 3.41. The second-order valence-electron chi connectivity index (χ2n) is 5.66. The van der Waals surface area contributed by atoms with Gasteiger partial charge in [-0.2, -0.15) is 15.1 Å². The molecule has 0 bridgehead atoms. The smallest absolute Gasteiger partial charge is 0.282 e. The van der Waals surface area contributed by atoms with Crippen molar-refractivity contribution < 1.29 is 4.79 Å². The van der Waals surface area contributed by atoms with E-state index in [0.717, 1.165) is 17.0 Å². The molecule has 0 spiro atoms. The van der Waals surface area contributed by atoms with E-state index in [1.807, 2.05) is 0 Å². The molecule has 5 nitrogen and oxygen atoms in total. The molecule has 0 atom stereocenters. The van der Waals surface area contributed by atoms with Crippen LogP contribution in [0.25, 0.3) is 6.08 Å². The third-order valence-corrected chi connectivity index (χ3v) is 4.44. The van der Waals surface area contributed by atoms with Gasteiger partial charge in [0, 0.05) is 11.4 Å². The first-order valence-corrected chi connectivity index (χ1v) is 8.38. The molecule has 1 N–H and O–H groups in total.